The van der Waals surface area contributed by atoms with E-state index < -0.39 is 0 Å². The van der Waals surface area contributed by atoms with Crippen molar-refractivity contribution in [2.75, 3.05) is 0 Å². The minimum Gasteiger partial charge on any atom is -0.327 e. The van der Waals surface area contributed by atoms with E-state index >= 15 is 0 Å². The second-order valence-corrected chi connectivity index (χ2v) is 3.01. The van der Waals surface area contributed by atoms with Crippen LogP contribution in [0.25, 0.3) is 0 Å². The molecule has 0 heterocycles. The van der Waals surface area contributed by atoms with Crippen LogP contribution in [0.3, 0.4) is 0 Å². The molecule has 0 fully saturated rings. The quantitative estimate of drug-likeness (QED) is 0.461. The Morgan fingerprint density at radius 3 is 2.25 bits per heavy atom. The molecule has 0 aromatic carbocycles. The number of hydrogen-bond donors (Lipinski definition) is 1. The fourth-order valence-corrected chi connectivity index (χ4v) is 0.641. The minimum atomic E-state index is 0.200. The summed E-state index contributed by atoms with van der Waals surface area (Å²) >= 11 is 1.43. The van der Waals surface area contributed by atoms with Gasteiger partial charge in [-0.3, -0.25) is 0 Å². The van der Waals surface area contributed by atoms with E-state index in [0.29, 0.717) is 5.25 Å². The first-order valence-electron chi connectivity index (χ1n) is 2.56. The summed E-state index contributed by atoms with van der Waals surface area (Å²) in [6.07, 6.45) is 0. The Morgan fingerprint density at radius 1 is 1.62 bits per heavy atom. The van der Waals surface area contributed by atoms with E-state index in [4.69, 9.17) is 5.73 Å². The Morgan fingerprint density at radius 2 is 2.12 bits per heavy atom. The average molecular weight is 132 g/mol. The first-order valence-corrected chi connectivity index (χ1v) is 3.39. The van der Waals surface area contributed by atoms with Gasteiger partial charge in [0.1, 0.15) is 0 Å². The molecule has 0 rings (SSSR count). The summed E-state index contributed by atoms with van der Waals surface area (Å²) in [6.45, 7) is 7.33. The molecule has 0 radical (unpaired) electrons. The van der Waals surface area contributed by atoms with Crippen molar-refractivity contribution >= 4 is 18.7 Å². The van der Waals surface area contributed by atoms with Crippen LogP contribution in [-0.2, 0) is 0 Å². The molecule has 0 aromatic rings. The van der Waals surface area contributed by atoms with Gasteiger partial charge >= 0.3 is 0 Å². The summed E-state index contributed by atoms with van der Waals surface area (Å²) in [5, 5.41) is 0.382. The maximum Gasteiger partial charge on any atom is 0.0386 e. The number of rotatable bonds is 3. The Balaban J connectivity index is 3.30. The third-order valence-electron chi connectivity index (χ3n) is 0.981. The molecule has 48 valence electrons. The molecule has 0 saturated heterocycles. The lowest BCUT2D eigenvalue weighted by atomic mass is 10.3. The van der Waals surface area contributed by atoms with Crippen LogP contribution in [0.4, 0.5) is 0 Å². The molecule has 2 atom stereocenters. The predicted octanol–water partition coefficient (Wildman–Crippen LogP) is 1.07. The van der Waals surface area contributed by atoms with Crippen molar-refractivity contribution in [1.82, 2.24) is 0 Å². The summed E-state index contributed by atoms with van der Waals surface area (Å²) in [7, 11) is 0. The van der Waals surface area contributed by atoms with Gasteiger partial charge in [-0.25, -0.2) is 4.40 Å². The SMILES string of the molecule is C=NS[C@@H](C)C(C)N. The summed E-state index contributed by atoms with van der Waals surface area (Å²) in [5.41, 5.74) is 5.51. The summed E-state index contributed by atoms with van der Waals surface area (Å²) in [6, 6.07) is 0.200. The molecule has 3 heteroatoms. The largest absolute Gasteiger partial charge is 0.327 e. The van der Waals surface area contributed by atoms with Gasteiger partial charge in [0, 0.05) is 11.3 Å². The van der Waals surface area contributed by atoms with Gasteiger partial charge in [-0.05, 0) is 32.5 Å². The van der Waals surface area contributed by atoms with Crippen LogP contribution in [0.15, 0.2) is 4.40 Å². The standard InChI is InChI=1S/C5H12N2S/c1-4(6)5(2)8-7-3/h4-5H,3,6H2,1-2H3/t4?,5-/m0/s1. The van der Waals surface area contributed by atoms with Crippen molar-refractivity contribution in [3.05, 3.63) is 0 Å². The highest BCUT2D eigenvalue weighted by atomic mass is 32.2. The van der Waals surface area contributed by atoms with Crippen molar-refractivity contribution in [2.24, 2.45) is 10.1 Å². The molecule has 8 heavy (non-hydrogen) atoms. The van der Waals surface area contributed by atoms with E-state index in [1.54, 1.807) is 0 Å². The van der Waals surface area contributed by atoms with E-state index in [0.717, 1.165) is 0 Å². The monoisotopic (exact) mass is 132 g/mol. The lowest BCUT2D eigenvalue weighted by Crippen LogP contribution is -2.25. The third-order valence-corrected chi connectivity index (χ3v) is 1.89. The third kappa shape index (κ3) is 3.04. The van der Waals surface area contributed by atoms with Crippen LogP contribution in [-0.4, -0.2) is 18.0 Å². The van der Waals surface area contributed by atoms with Crippen LogP contribution in [0, 0.1) is 0 Å². The van der Waals surface area contributed by atoms with E-state index in [1.807, 2.05) is 13.8 Å². The first-order chi connectivity index (χ1) is 3.68. The second kappa shape index (κ2) is 3.92. The zero-order valence-electron chi connectivity index (χ0n) is 5.29. The lowest BCUT2D eigenvalue weighted by Gasteiger charge is -2.09. The maximum atomic E-state index is 5.51. The van der Waals surface area contributed by atoms with Crippen LogP contribution in [0.5, 0.6) is 0 Å². The summed E-state index contributed by atoms with van der Waals surface area (Å²) in [5.74, 6) is 0. The van der Waals surface area contributed by atoms with Crippen molar-refractivity contribution in [3.8, 4) is 0 Å². The van der Waals surface area contributed by atoms with Crippen LogP contribution in [0.1, 0.15) is 13.8 Å². The Labute approximate surface area is 54.7 Å². The van der Waals surface area contributed by atoms with E-state index in [9.17, 15) is 0 Å². The van der Waals surface area contributed by atoms with Gasteiger partial charge < -0.3 is 5.73 Å². The smallest absolute Gasteiger partial charge is 0.0386 e. The van der Waals surface area contributed by atoms with E-state index in [2.05, 4.69) is 11.1 Å². The fraction of sp³-hybridized carbons (Fsp3) is 0.800. The second-order valence-electron chi connectivity index (χ2n) is 1.80. The molecular formula is C5H12N2S. The van der Waals surface area contributed by atoms with Crippen molar-refractivity contribution in [1.29, 1.82) is 0 Å². The highest BCUT2D eigenvalue weighted by molar-refractivity contribution is 7.98. The molecule has 0 bridgehead atoms. The molecule has 0 aliphatic rings. The molecule has 2 nitrogen and oxygen atoms in total. The predicted molar refractivity (Wildman–Crippen MR) is 40.3 cm³/mol. The van der Waals surface area contributed by atoms with Crippen LogP contribution in [0.2, 0.25) is 0 Å². The lowest BCUT2D eigenvalue weighted by molar-refractivity contribution is 0.731. The van der Waals surface area contributed by atoms with Crippen LogP contribution < -0.4 is 5.73 Å². The van der Waals surface area contributed by atoms with Gasteiger partial charge in [0.15, 0.2) is 0 Å². The zero-order valence-corrected chi connectivity index (χ0v) is 6.11. The number of nitrogens with two attached hydrogens (primary N) is 1. The fourth-order valence-electron chi connectivity index (χ4n) is 0.214. The maximum absolute atomic E-state index is 5.51. The van der Waals surface area contributed by atoms with Gasteiger partial charge in [-0.15, -0.1) is 0 Å². The zero-order chi connectivity index (χ0) is 6.57. The van der Waals surface area contributed by atoms with Gasteiger partial charge in [0.05, 0.1) is 0 Å². The van der Waals surface area contributed by atoms with Crippen molar-refractivity contribution in [3.63, 3.8) is 0 Å². The molecule has 0 saturated carbocycles. The van der Waals surface area contributed by atoms with Gasteiger partial charge in [0.25, 0.3) is 0 Å². The van der Waals surface area contributed by atoms with Gasteiger partial charge in [-0.1, -0.05) is 0 Å². The molecule has 0 aliphatic heterocycles. The molecule has 1 unspecified atom stereocenters. The Hall–Kier alpha value is -0.0200. The van der Waals surface area contributed by atoms with Crippen molar-refractivity contribution in [2.45, 2.75) is 25.1 Å². The molecule has 0 aromatic heterocycles. The molecular weight excluding hydrogens is 120 g/mol. The summed E-state index contributed by atoms with van der Waals surface area (Å²) in [4.78, 5) is 0. The molecule has 0 spiro atoms. The van der Waals surface area contributed by atoms with E-state index in [1.165, 1.54) is 11.9 Å². The Bertz CT molecular complexity index is 72.8. The Kier molecular flexibility index (Phi) is 3.91. The highest BCUT2D eigenvalue weighted by Crippen LogP contribution is 2.11. The molecule has 2 N–H and O–H groups in total. The number of nitrogens with zero attached hydrogens (tertiary/aromatic N) is 1. The summed E-state index contributed by atoms with van der Waals surface area (Å²) < 4.78 is 3.64. The minimum absolute atomic E-state index is 0.200. The van der Waals surface area contributed by atoms with Crippen LogP contribution >= 0.6 is 11.9 Å². The topological polar surface area (TPSA) is 38.4 Å². The average Bonchev–Trinajstić information content (AvgIpc) is 1.67. The molecule has 0 aliphatic carbocycles. The first kappa shape index (κ1) is 7.98. The van der Waals surface area contributed by atoms with Gasteiger partial charge in [-0.2, -0.15) is 0 Å². The molecule has 0 amide bonds. The number of hydrogen-bond acceptors (Lipinski definition) is 3. The van der Waals surface area contributed by atoms with E-state index in [-0.39, 0.29) is 6.04 Å². The highest BCUT2D eigenvalue weighted by Gasteiger charge is 2.04. The normalized spacial score (nSPS) is 17.4. The van der Waals surface area contributed by atoms with Gasteiger partial charge in [0.2, 0.25) is 0 Å². The van der Waals surface area contributed by atoms with Crippen molar-refractivity contribution < 1.29 is 0 Å².